The second-order valence-electron chi connectivity index (χ2n) is 8.36. The van der Waals surface area contributed by atoms with E-state index in [1.54, 1.807) is 22.6 Å². The average molecular weight is 504 g/mol. The summed E-state index contributed by atoms with van der Waals surface area (Å²) in [5.41, 5.74) is 2.64. The van der Waals surface area contributed by atoms with E-state index in [2.05, 4.69) is 30.8 Å². The highest BCUT2D eigenvalue weighted by atomic mass is 32.2. The van der Waals surface area contributed by atoms with Crippen molar-refractivity contribution in [3.05, 3.63) is 78.3 Å². The lowest BCUT2D eigenvalue weighted by Gasteiger charge is -2.21. The Balaban J connectivity index is 1.23. The minimum absolute atomic E-state index is 0.0239. The maximum Gasteiger partial charge on any atom is 0.291 e. The molecule has 3 aromatic heterocycles. The van der Waals surface area contributed by atoms with E-state index in [4.69, 9.17) is 0 Å². The number of pyridine rings is 1. The van der Waals surface area contributed by atoms with Crippen LogP contribution < -0.4 is 15.5 Å². The molecule has 0 fully saturated rings. The monoisotopic (exact) mass is 503 g/mol. The van der Waals surface area contributed by atoms with E-state index in [1.165, 1.54) is 23.0 Å². The molecule has 0 saturated heterocycles. The largest absolute Gasteiger partial charge is 0.364 e. The molecule has 2 amide bonds. The Labute approximate surface area is 211 Å². The van der Waals surface area contributed by atoms with Gasteiger partial charge in [-0.15, -0.1) is 16.9 Å². The van der Waals surface area contributed by atoms with Gasteiger partial charge >= 0.3 is 0 Å². The molecule has 5 rings (SSSR count). The van der Waals surface area contributed by atoms with Gasteiger partial charge in [0.15, 0.2) is 0 Å². The highest BCUT2D eigenvalue weighted by Crippen LogP contribution is 2.34. The zero-order valence-electron chi connectivity index (χ0n) is 19.8. The lowest BCUT2D eigenvalue weighted by atomic mass is 10.2. The minimum atomic E-state index is -0.731. The number of hydrogen-bond acceptors (Lipinski definition) is 8. The molecule has 0 bridgehead atoms. The summed E-state index contributed by atoms with van der Waals surface area (Å²) in [6, 6.07) is 12.9. The van der Waals surface area contributed by atoms with Crippen LogP contribution in [0.2, 0.25) is 0 Å². The molecule has 0 unspecified atom stereocenters. The van der Waals surface area contributed by atoms with Gasteiger partial charge in [-0.2, -0.15) is 5.10 Å². The second kappa shape index (κ2) is 10.2. The maximum atomic E-state index is 13.1. The van der Waals surface area contributed by atoms with Crippen molar-refractivity contribution in [3.63, 3.8) is 0 Å². The van der Waals surface area contributed by atoms with Gasteiger partial charge in [0.25, 0.3) is 5.91 Å². The fraction of sp³-hybridized carbons (Fsp3) is 0.250. The molecule has 1 aromatic carbocycles. The number of carbonyl (C=O) groups excluding carboxylic acids is 2. The molecular formula is C24H25N9O2S. The van der Waals surface area contributed by atoms with Crippen molar-refractivity contribution in [2.75, 3.05) is 23.0 Å². The van der Waals surface area contributed by atoms with Crippen LogP contribution in [0.25, 0.3) is 0 Å². The average Bonchev–Trinajstić information content (AvgIpc) is 3.51. The lowest BCUT2D eigenvalue weighted by Crippen LogP contribution is -2.48. The third kappa shape index (κ3) is 5.23. The molecule has 0 spiro atoms. The summed E-state index contributed by atoms with van der Waals surface area (Å²) in [6.07, 6.45) is 5.06. The molecule has 1 aliphatic heterocycles. The molecule has 4 heterocycles. The van der Waals surface area contributed by atoms with Crippen LogP contribution in [0.5, 0.6) is 0 Å². The number of benzene rings is 1. The van der Waals surface area contributed by atoms with Crippen LogP contribution in [0.15, 0.2) is 66.1 Å². The Morgan fingerprint density at radius 3 is 2.75 bits per heavy atom. The van der Waals surface area contributed by atoms with Gasteiger partial charge in [-0.3, -0.25) is 14.3 Å². The van der Waals surface area contributed by atoms with Crippen LogP contribution in [0.1, 0.15) is 21.9 Å². The van der Waals surface area contributed by atoms with Gasteiger partial charge < -0.3 is 15.5 Å². The summed E-state index contributed by atoms with van der Waals surface area (Å²) in [6.45, 7) is 1.04. The topological polar surface area (TPSA) is 123 Å². The number of nitrogens with one attached hydrogen (secondary N) is 2. The number of carbonyl (C=O) groups is 2. The minimum Gasteiger partial charge on any atom is -0.364 e. The molecule has 36 heavy (non-hydrogen) atoms. The van der Waals surface area contributed by atoms with Crippen LogP contribution in [-0.4, -0.2) is 60.2 Å². The van der Waals surface area contributed by atoms with E-state index in [1.807, 2.05) is 55.7 Å². The summed E-state index contributed by atoms with van der Waals surface area (Å²) in [5, 5.41) is 14.7. The van der Waals surface area contributed by atoms with Gasteiger partial charge in [-0.25, -0.2) is 14.6 Å². The van der Waals surface area contributed by atoms with E-state index in [9.17, 15) is 9.59 Å². The molecule has 12 heteroatoms. The highest BCUT2D eigenvalue weighted by Gasteiger charge is 2.31. The summed E-state index contributed by atoms with van der Waals surface area (Å²) in [5.74, 6) is 0.362. The molecule has 4 aromatic rings. The standard InChI is InChI=1S/C24H25N9O2S/c1-31-9-8-17(29-31)11-25-21-10-20-19(12-26-21)32(2)24(35)18(14-36-20)28-23(34)22-27-15-33(30-22)13-16-6-4-3-5-7-16/h3-10,12,15,18H,11,13-14H2,1-2H3,(H,25,26)(H,28,34)/t18-/m0/s1. The van der Waals surface area contributed by atoms with Crippen molar-refractivity contribution in [2.45, 2.75) is 24.0 Å². The predicted molar refractivity (Wildman–Crippen MR) is 136 cm³/mol. The number of fused-ring (bicyclic) bond motifs is 1. The summed E-state index contributed by atoms with van der Waals surface area (Å²) in [7, 11) is 3.55. The number of thioether (sulfide) groups is 1. The normalized spacial score (nSPS) is 15.3. The molecule has 11 nitrogen and oxygen atoms in total. The molecule has 2 N–H and O–H groups in total. The molecule has 0 radical (unpaired) electrons. The summed E-state index contributed by atoms with van der Waals surface area (Å²) >= 11 is 1.49. The number of anilines is 2. The van der Waals surface area contributed by atoms with Crippen LogP contribution in [0, 0.1) is 0 Å². The van der Waals surface area contributed by atoms with E-state index < -0.39 is 11.9 Å². The Bertz CT molecular complexity index is 1390. The van der Waals surface area contributed by atoms with Crippen LogP contribution in [0.3, 0.4) is 0 Å². The number of aryl methyl sites for hydroxylation is 1. The fourth-order valence-electron chi connectivity index (χ4n) is 3.80. The Morgan fingerprint density at radius 1 is 1.14 bits per heavy atom. The van der Waals surface area contributed by atoms with E-state index in [0.717, 1.165) is 16.2 Å². The van der Waals surface area contributed by atoms with Crippen molar-refractivity contribution in [2.24, 2.45) is 7.05 Å². The number of nitrogens with zero attached hydrogens (tertiary/aromatic N) is 7. The Morgan fingerprint density at radius 2 is 1.97 bits per heavy atom. The smallest absolute Gasteiger partial charge is 0.291 e. The van der Waals surface area contributed by atoms with Crippen molar-refractivity contribution < 1.29 is 9.59 Å². The van der Waals surface area contributed by atoms with Crippen LogP contribution in [0.4, 0.5) is 11.5 Å². The van der Waals surface area contributed by atoms with Gasteiger partial charge in [0.2, 0.25) is 11.7 Å². The summed E-state index contributed by atoms with van der Waals surface area (Å²) < 4.78 is 3.34. The van der Waals surface area contributed by atoms with Gasteiger partial charge in [-0.1, -0.05) is 30.3 Å². The first kappa shape index (κ1) is 23.5. The maximum absolute atomic E-state index is 13.1. The number of likely N-dealkylation sites (N-methyl/N-ethyl adjacent to an activating group) is 1. The molecule has 0 saturated carbocycles. The highest BCUT2D eigenvalue weighted by molar-refractivity contribution is 7.99. The predicted octanol–water partition coefficient (Wildman–Crippen LogP) is 1.93. The van der Waals surface area contributed by atoms with Crippen molar-refractivity contribution in [1.82, 2.24) is 34.8 Å². The van der Waals surface area contributed by atoms with Gasteiger partial charge in [0.1, 0.15) is 18.2 Å². The number of aromatic nitrogens is 6. The van der Waals surface area contributed by atoms with E-state index in [-0.39, 0.29) is 11.7 Å². The summed E-state index contributed by atoms with van der Waals surface area (Å²) in [4.78, 5) is 36.9. The van der Waals surface area contributed by atoms with Gasteiger partial charge in [0, 0.05) is 30.9 Å². The van der Waals surface area contributed by atoms with Gasteiger partial charge in [0.05, 0.1) is 30.7 Å². The van der Waals surface area contributed by atoms with Crippen molar-refractivity contribution in [3.8, 4) is 0 Å². The first-order valence-electron chi connectivity index (χ1n) is 11.3. The Hall–Kier alpha value is -4.19. The quantitative estimate of drug-likeness (QED) is 0.392. The third-order valence-corrected chi connectivity index (χ3v) is 6.83. The second-order valence-corrected chi connectivity index (χ2v) is 9.42. The molecule has 1 atom stereocenters. The van der Waals surface area contributed by atoms with Crippen molar-refractivity contribution in [1.29, 1.82) is 0 Å². The number of amides is 2. The van der Waals surface area contributed by atoms with E-state index in [0.29, 0.717) is 30.3 Å². The number of hydrogen-bond donors (Lipinski definition) is 2. The lowest BCUT2D eigenvalue weighted by molar-refractivity contribution is -0.119. The Kier molecular flexibility index (Phi) is 6.67. The third-order valence-electron chi connectivity index (χ3n) is 5.69. The number of rotatable bonds is 7. The molecule has 184 valence electrons. The zero-order valence-corrected chi connectivity index (χ0v) is 20.6. The van der Waals surface area contributed by atoms with Crippen LogP contribution in [-0.2, 0) is 24.9 Å². The van der Waals surface area contributed by atoms with Crippen molar-refractivity contribution >= 4 is 35.1 Å². The first-order chi connectivity index (χ1) is 17.5. The molecule has 1 aliphatic rings. The SMILES string of the molecule is CN1C(=O)[C@@H](NC(=O)c2ncn(Cc3ccccc3)n2)CSc2cc(NCc3ccn(C)n3)ncc21. The van der Waals surface area contributed by atoms with E-state index >= 15 is 0 Å². The zero-order chi connectivity index (χ0) is 25.1. The van der Waals surface area contributed by atoms with Crippen LogP contribution >= 0.6 is 11.8 Å². The molecular weight excluding hydrogens is 478 g/mol. The fourth-order valence-corrected chi connectivity index (χ4v) is 4.91. The molecule has 0 aliphatic carbocycles. The first-order valence-corrected chi connectivity index (χ1v) is 12.3. The van der Waals surface area contributed by atoms with Gasteiger partial charge in [-0.05, 0) is 17.7 Å².